The molecule has 3 atom stereocenters. The second kappa shape index (κ2) is 6.08. The van der Waals surface area contributed by atoms with E-state index in [1.165, 1.54) is 6.42 Å². The molecule has 2 N–H and O–H groups in total. The summed E-state index contributed by atoms with van der Waals surface area (Å²) in [5.74, 6) is -0.604. The minimum absolute atomic E-state index is 0.230. The van der Waals surface area contributed by atoms with Crippen molar-refractivity contribution in [3.8, 4) is 0 Å². The van der Waals surface area contributed by atoms with Crippen molar-refractivity contribution < 1.29 is 19.7 Å². The van der Waals surface area contributed by atoms with E-state index in [1.807, 2.05) is 0 Å². The molecule has 88 valence electrons. The Kier molecular flexibility index (Phi) is 5.05. The first kappa shape index (κ1) is 12.5. The molecular formula is C11H20O4. The average Bonchev–Trinajstić information content (AvgIpc) is 2.54. The van der Waals surface area contributed by atoms with Gasteiger partial charge in [0.05, 0.1) is 6.10 Å². The third-order valence-electron chi connectivity index (χ3n) is 2.78. The third-order valence-corrected chi connectivity index (χ3v) is 2.78. The van der Waals surface area contributed by atoms with Crippen LogP contribution >= 0.6 is 0 Å². The predicted octanol–water partition coefficient (Wildman–Crippen LogP) is 0.994. The molecule has 1 heterocycles. The molecule has 1 rings (SSSR count). The van der Waals surface area contributed by atoms with Crippen molar-refractivity contribution in [2.45, 2.75) is 63.8 Å². The van der Waals surface area contributed by atoms with Gasteiger partial charge in [-0.2, -0.15) is 0 Å². The molecule has 0 bridgehead atoms. The van der Waals surface area contributed by atoms with Gasteiger partial charge in [-0.25, -0.2) is 4.79 Å². The number of carbonyl (C=O) groups is 1. The molecule has 4 heteroatoms. The fourth-order valence-corrected chi connectivity index (χ4v) is 1.79. The van der Waals surface area contributed by atoms with E-state index in [2.05, 4.69) is 6.92 Å². The zero-order chi connectivity index (χ0) is 11.3. The summed E-state index contributed by atoms with van der Waals surface area (Å²) in [6.07, 6.45) is 3.07. The lowest BCUT2D eigenvalue weighted by Gasteiger charge is -2.16. The number of cyclic esters (lactones) is 1. The van der Waals surface area contributed by atoms with Crippen LogP contribution < -0.4 is 0 Å². The van der Waals surface area contributed by atoms with Gasteiger partial charge in [0, 0.05) is 6.42 Å². The van der Waals surface area contributed by atoms with Crippen molar-refractivity contribution in [2.75, 3.05) is 0 Å². The number of unbranched alkanes of at least 4 members (excludes halogenated alkanes) is 3. The van der Waals surface area contributed by atoms with Crippen LogP contribution in [-0.2, 0) is 9.53 Å². The number of rotatable bonds is 6. The minimum Gasteiger partial charge on any atom is -0.458 e. The molecule has 1 aliphatic rings. The first-order valence-corrected chi connectivity index (χ1v) is 5.71. The lowest BCUT2D eigenvalue weighted by Crippen LogP contribution is -2.25. The van der Waals surface area contributed by atoms with Crippen LogP contribution in [0.1, 0.15) is 45.4 Å². The molecule has 1 saturated heterocycles. The van der Waals surface area contributed by atoms with Gasteiger partial charge in [-0.3, -0.25) is 0 Å². The second-order valence-electron chi connectivity index (χ2n) is 4.14. The molecule has 1 fully saturated rings. The Balaban J connectivity index is 2.17. The Morgan fingerprint density at radius 2 is 2.20 bits per heavy atom. The lowest BCUT2D eigenvalue weighted by molar-refractivity contribution is -0.150. The quantitative estimate of drug-likeness (QED) is 0.513. The Bertz CT molecular complexity index is 205. The van der Waals surface area contributed by atoms with Crippen molar-refractivity contribution in [3.05, 3.63) is 0 Å². The minimum atomic E-state index is -1.04. The van der Waals surface area contributed by atoms with Crippen LogP contribution in [0.5, 0.6) is 0 Å². The predicted molar refractivity (Wildman–Crippen MR) is 55.3 cm³/mol. The number of aliphatic hydroxyl groups is 2. The van der Waals surface area contributed by atoms with Crippen molar-refractivity contribution in [1.82, 2.24) is 0 Å². The first-order valence-electron chi connectivity index (χ1n) is 5.71. The second-order valence-corrected chi connectivity index (χ2v) is 4.14. The van der Waals surface area contributed by atoms with E-state index < -0.39 is 24.3 Å². The molecule has 0 aliphatic carbocycles. The SMILES string of the molecule is CCCCCC[C@H](O)[C@@H]1CC(O)C(=O)O1. The maximum absolute atomic E-state index is 10.9. The molecule has 0 spiro atoms. The Hall–Kier alpha value is -0.610. The number of esters is 1. The van der Waals surface area contributed by atoms with Crippen molar-refractivity contribution in [3.63, 3.8) is 0 Å². The molecule has 1 aliphatic heterocycles. The summed E-state index contributed by atoms with van der Waals surface area (Å²) in [5.41, 5.74) is 0. The summed E-state index contributed by atoms with van der Waals surface area (Å²) in [6, 6.07) is 0. The maximum Gasteiger partial charge on any atom is 0.335 e. The zero-order valence-corrected chi connectivity index (χ0v) is 9.19. The Morgan fingerprint density at radius 1 is 1.47 bits per heavy atom. The number of hydrogen-bond acceptors (Lipinski definition) is 4. The van der Waals surface area contributed by atoms with Gasteiger partial charge in [0.15, 0.2) is 6.10 Å². The molecule has 0 radical (unpaired) electrons. The molecule has 0 aromatic rings. The summed E-state index contributed by atoms with van der Waals surface area (Å²) in [7, 11) is 0. The third kappa shape index (κ3) is 3.80. The average molecular weight is 216 g/mol. The number of hydrogen-bond donors (Lipinski definition) is 2. The van der Waals surface area contributed by atoms with Crippen molar-refractivity contribution in [2.24, 2.45) is 0 Å². The topological polar surface area (TPSA) is 66.8 Å². The first-order chi connectivity index (χ1) is 7.15. The van der Waals surface area contributed by atoms with Crippen LogP contribution in [0.25, 0.3) is 0 Å². The van der Waals surface area contributed by atoms with Crippen molar-refractivity contribution >= 4 is 5.97 Å². The fraction of sp³-hybridized carbons (Fsp3) is 0.909. The van der Waals surface area contributed by atoms with Gasteiger partial charge in [0.25, 0.3) is 0 Å². The molecule has 0 amide bonds. The molecule has 0 aromatic carbocycles. The summed E-state index contributed by atoms with van der Waals surface area (Å²) in [5, 5.41) is 18.8. The van der Waals surface area contributed by atoms with Gasteiger partial charge in [-0.1, -0.05) is 32.6 Å². The van der Waals surface area contributed by atoms with Gasteiger partial charge in [0.1, 0.15) is 6.10 Å². The van der Waals surface area contributed by atoms with Crippen LogP contribution in [0, 0.1) is 0 Å². The van der Waals surface area contributed by atoms with E-state index in [4.69, 9.17) is 9.84 Å². The molecule has 4 nitrogen and oxygen atoms in total. The highest BCUT2D eigenvalue weighted by atomic mass is 16.6. The van der Waals surface area contributed by atoms with E-state index in [-0.39, 0.29) is 6.42 Å². The molecule has 15 heavy (non-hydrogen) atoms. The fourth-order valence-electron chi connectivity index (χ4n) is 1.79. The summed E-state index contributed by atoms with van der Waals surface area (Å²) in [4.78, 5) is 10.9. The van der Waals surface area contributed by atoms with Crippen LogP contribution in [0.4, 0.5) is 0 Å². The highest BCUT2D eigenvalue weighted by Gasteiger charge is 2.36. The summed E-state index contributed by atoms with van der Waals surface area (Å²) >= 11 is 0. The summed E-state index contributed by atoms with van der Waals surface area (Å²) < 4.78 is 4.85. The maximum atomic E-state index is 10.9. The molecule has 0 aromatic heterocycles. The monoisotopic (exact) mass is 216 g/mol. The highest BCUT2D eigenvalue weighted by Crippen LogP contribution is 2.21. The van der Waals surface area contributed by atoms with Gasteiger partial charge < -0.3 is 14.9 Å². The van der Waals surface area contributed by atoms with Crippen LogP contribution in [0.3, 0.4) is 0 Å². The lowest BCUT2D eigenvalue weighted by atomic mass is 10.0. The van der Waals surface area contributed by atoms with Crippen LogP contribution in [0.15, 0.2) is 0 Å². The number of carbonyl (C=O) groups excluding carboxylic acids is 1. The van der Waals surface area contributed by atoms with E-state index in [0.29, 0.717) is 6.42 Å². The van der Waals surface area contributed by atoms with Gasteiger partial charge in [-0.05, 0) is 6.42 Å². The standard InChI is InChI=1S/C11H20O4/c1-2-3-4-5-6-8(12)10-7-9(13)11(14)15-10/h8-10,12-13H,2-7H2,1H3/t8-,9?,10-/m0/s1. The number of ether oxygens (including phenoxy) is 1. The molecular weight excluding hydrogens is 196 g/mol. The van der Waals surface area contributed by atoms with E-state index in [1.54, 1.807) is 0 Å². The molecule has 1 unspecified atom stereocenters. The van der Waals surface area contributed by atoms with Crippen LogP contribution in [-0.4, -0.2) is 34.5 Å². The van der Waals surface area contributed by atoms with E-state index in [9.17, 15) is 9.90 Å². The Morgan fingerprint density at radius 3 is 2.73 bits per heavy atom. The van der Waals surface area contributed by atoms with E-state index >= 15 is 0 Å². The Labute approximate surface area is 90.2 Å². The van der Waals surface area contributed by atoms with Crippen LogP contribution in [0.2, 0.25) is 0 Å². The molecule has 0 saturated carbocycles. The highest BCUT2D eigenvalue weighted by molar-refractivity contribution is 5.76. The van der Waals surface area contributed by atoms with E-state index in [0.717, 1.165) is 19.3 Å². The normalized spacial score (nSPS) is 27.8. The smallest absolute Gasteiger partial charge is 0.335 e. The number of aliphatic hydroxyl groups excluding tert-OH is 2. The van der Waals surface area contributed by atoms with Gasteiger partial charge in [0.2, 0.25) is 0 Å². The summed E-state index contributed by atoms with van der Waals surface area (Å²) in [6.45, 7) is 2.13. The largest absolute Gasteiger partial charge is 0.458 e. The van der Waals surface area contributed by atoms with Gasteiger partial charge >= 0.3 is 5.97 Å². The van der Waals surface area contributed by atoms with Gasteiger partial charge in [-0.15, -0.1) is 0 Å². The van der Waals surface area contributed by atoms with Crippen molar-refractivity contribution in [1.29, 1.82) is 0 Å². The zero-order valence-electron chi connectivity index (χ0n) is 9.19.